The Labute approximate surface area is 156 Å². The number of anilines is 1. The number of carbonyl (C=O) groups excluding carboxylic acids is 2. The van der Waals surface area contributed by atoms with Gasteiger partial charge in [-0.3, -0.25) is 4.90 Å². The van der Waals surface area contributed by atoms with Gasteiger partial charge in [0.2, 0.25) is 0 Å². The highest BCUT2D eigenvalue weighted by Crippen LogP contribution is 2.46. The first-order valence-electron chi connectivity index (χ1n) is 8.61. The number of carbonyl (C=O) groups is 2. The molecule has 2 aromatic carbocycles. The summed E-state index contributed by atoms with van der Waals surface area (Å²) in [5, 5.41) is 3.01. The Morgan fingerprint density at radius 2 is 2.07 bits per heavy atom. The SMILES string of the molecule is COC(=O)c1ccc2c(c1)[C@H]1C[C@](C)(O2)N(c2cccc(OC)c2)C(=O)N1. The number of nitrogens with zero attached hydrogens (tertiary/aromatic N) is 1. The number of ether oxygens (including phenoxy) is 3. The fourth-order valence-corrected chi connectivity index (χ4v) is 3.76. The summed E-state index contributed by atoms with van der Waals surface area (Å²) < 4.78 is 16.3. The van der Waals surface area contributed by atoms with E-state index < -0.39 is 11.7 Å². The Hall–Kier alpha value is -3.22. The molecule has 2 aliphatic heterocycles. The highest BCUT2D eigenvalue weighted by atomic mass is 16.5. The van der Waals surface area contributed by atoms with Crippen molar-refractivity contribution in [3.05, 3.63) is 53.6 Å². The molecule has 0 spiro atoms. The van der Waals surface area contributed by atoms with Crippen molar-refractivity contribution in [1.29, 1.82) is 0 Å². The molecule has 4 rings (SSSR count). The van der Waals surface area contributed by atoms with Crippen molar-refractivity contribution >= 4 is 17.7 Å². The van der Waals surface area contributed by atoms with Crippen LogP contribution in [0, 0.1) is 0 Å². The van der Waals surface area contributed by atoms with Crippen LogP contribution in [-0.4, -0.2) is 31.9 Å². The van der Waals surface area contributed by atoms with Crippen LogP contribution >= 0.6 is 0 Å². The Balaban J connectivity index is 1.75. The minimum atomic E-state index is -0.862. The lowest BCUT2D eigenvalue weighted by molar-refractivity contribution is 0.0377. The van der Waals surface area contributed by atoms with Crippen molar-refractivity contribution in [2.45, 2.75) is 25.1 Å². The zero-order valence-electron chi connectivity index (χ0n) is 15.3. The average Bonchev–Trinajstić information content (AvgIpc) is 2.66. The third kappa shape index (κ3) is 2.75. The van der Waals surface area contributed by atoms with E-state index in [-0.39, 0.29) is 12.1 Å². The van der Waals surface area contributed by atoms with E-state index in [4.69, 9.17) is 14.2 Å². The molecule has 2 amide bonds. The molecule has 2 aromatic rings. The molecule has 1 N–H and O–H groups in total. The van der Waals surface area contributed by atoms with Crippen molar-refractivity contribution in [1.82, 2.24) is 5.32 Å². The van der Waals surface area contributed by atoms with Gasteiger partial charge in [0.15, 0.2) is 5.72 Å². The molecular weight excluding hydrogens is 348 g/mol. The van der Waals surface area contributed by atoms with Gasteiger partial charge in [0.05, 0.1) is 31.5 Å². The smallest absolute Gasteiger partial charge is 0.337 e. The van der Waals surface area contributed by atoms with Gasteiger partial charge in [-0.2, -0.15) is 0 Å². The number of esters is 1. The molecule has 2 aliphatic rings. The maximum absolute atomic E-state index is 12.9. The second-order valence-corrected chi connectivity index (χ2v) is 6.76. The van der Waals surface area contributed by atoms with Gasteiger partial charge in [-0.15, -0.1) is 0 Å². The number of hydrogen-bond acceptors (Lipinski definition) is 5. The van der Waals surface area contributed by atoms with Crippen molar-refractivity contribution in [3.8, 4) is 11.5 Å². The molecule has 2 bridgehead atoms. The van der Waals surface area contributed by atoms with Crippen LogP contribution in [0.15, 0.2) is 42.5 Å². The molecule has 0 radical (unpaired) electrons. The zero-order chi connectivity index (χ0) is 19.2. The number of nitrogens with one attached hydrogen (secondary N) is 1. The number of amides is 2. The third-order valence-corrected chi connectivity index (χ3v) is 5.00. The molecule has 1 saturated heterocycles. The molecule has 7 heteroatoms. The van der Waals surface area contributed by atoms with Crippen LogP contribution in [0.2, 0.25) is 0 Å². The first kappa shape index (κ1) is 17.2. The van der Waals surface area contributed by atoms with E-state index >= 15 is 0 Å². The van der Waals surface area contributed by atoms with Gasteiger partial charge < -0.3 is 19.5 Å². The molecular formula is C20H20N2O5. The van der Waals surface area contributed by atoms with E-state index in [0.29, 0.717) is 29.2 Å². The minimum Gasteiger partial charge on any atom is -0.497 e. The first-order chi connectivity index (χ1) is 12.9. The lowest BCUT2D eigenvalue weighted by Crippen LogP contribution is -2.65. The summed E-state index contributed by atoms with van der Waals surface area (Å²) in [5.41, 5.74) is 1.02. The van der Waals surface area contributed by atoms with Gasteiger partial charge in [0, 0.05) is 18.1 Å². The fraction of sp³-hybridized carbons (Fsp3) is 0.300. The monoisotopic (exact) mass is 368 g/mol. The molecule has 2 heterocycles. The summed E-state index contributed by atoms with van der Waals surface area (Å²) in [6, 6.07) is 11.9. The van der Waals surface area contributed by atoms with Crippen LogP contribution in [0.5, 0.6) is 11.5 Å². The maximum atomic E-state index is 12.9. The van der Waals surface area contributed by atoms with Gasteiger partial charge >= 0.3 is 12.0 Å². The van der Waals surface area contributed by atoms with E-state index in [1.807, 2.05) is 25.1 Å². The number of urea groups is 1. The molecule has 0 saturated carbocycles. The molecule has 2 atom stereocenters. The quantitative estimate of drug-likeness (QED) is 0.842. The standard InChI is InChI=1S/C20H20N2O5/c1-20-11-16(15-9-12(18(23)26-3)7-8-17(15)27-20)21-19(24)22(20)13-5-4-6-14(10-13)25-2/h4-10,16H,11H2,1-3H3,(H,21,24)/t16-,20+/m1/s1. The predicted octanol–water partition coefficient (Wildman–Crippen LogP) is 3.25. The Morgan fingerprint density at radius 1 is 1.26 bits per heavy atom. The molecule has 7 nitrogen and oxygen atoms in total. The normalized spacial score (nSPS) is 23.0. The maximum Gasteiger partial charge on any atom is 0.337 e. The van der Waals surface area contributed by atoms with E-state index in [1.165, 1.54) is 7.11 Å². The highest BCUT2D eigenvalue weighted by molar-refractivity contribution is 5.95. The Bertz CT molecular complexity index is 928. The van der Waals surface area contributed by atoms with Gasteiger partial charge in [-0.25, -0.2) is 9.59 Å². The van der Waals surface area contributed by atoms with Gasteiger partial charge in [0.1, 0.15) is 11.5 Å². The summed E-state index contributed by atoms with van der Waals surface area (Å²) in [6.07, 6.45) is 0.535. The van der Waals surface area contributed by atoms with Crippen LogP contribution in [0.1, 0.15) is 35.3 Å². The van der Waals surface area contributed by atoms with E-state index in [9.17, 15) is 9.59 Å². The number of methoxy groups -OCH3 is 2. The lowest BCUT2D eigenvalue weighted by Gasteiger charge is -2.50. The van der Waals surface area contributed by atoms with Gasteiger partial charge in [0.25, 0.3) is 0 Å². The number of benzene rings is 2. The Morgan fingerprint density at radius 3 is 2.81 bits per heavy atom. The van der Waals surface area contributed by atoms with Crippen molar-refractivity contribution in [3.63, 3.8) is 0 Å². The molecule has 0 unspecified atom stereocenters. The van der Waals surface area contributed by atoms with Gasteiger partial charge in [-0.05, 0) is 37.3 Å². The fourth-order valence-electron chi connectivity index (χ4n) is 3.76. The van der Waals surface area contributed by atoms with E-state index in [2.05, 4.69) is 5.32 Å². The zero-order valence-corrected chi connectivity index (χ0v) is 15.3. The second kappa shape index (κ2) is 6.19. The number of fused-ring (bicyclic) bond motifs is 4. The first-order valence-corrected chi connectivity index (χ1v) is 8.61. The van der Waals surface area contributed by atoms with Crippen LogP contribution in [0.3, 0.4) is 0 Å². The van der Waals surface area contributed by atoms with Crippen LogP contribution in [0.25, 0.3) is 0 Å². The summed E-state index contributed by atoms with van der Waals surface area (Å²) in [6.45, 7) is 1.88. The molecule has 140 valence electrons. The van der Waals surface area contributed by atoms with E-state index in [1.54, 1.807) is 36.3 Å². The third-order valence-electron chi connectivity index (χ3n) is 5.00. The van der Waals surface area contributed by atoms with Crippen molar-refractivity contribution in [2.75, 3.05) is 19.1 Å². The summed E-state index contributed by atoms with van der Waals surface area (Å²) in [5.74, 6) is 0.866. The van der Waals surface area contributed by atoms with Gasteiger partial charge in [-0.1, -0.05) is 6.07 Å². The summed E-state index contributed by atoms with van der Waals surface area (Å²) in [7, 11) is 2.92. The average molecular weight is 368 g/mol. The minimum absolute atomic E-state index is 0.252. The van der Waals surface area contributed by atoms with Crippen molar-refractivity contribution in [2.24, 2.45) is 0 Å². The molecule has 1 fully saturated rings. The topological polar surface area (TPSA) is 77.1 Å². The van der Waals surface area contributed by atoms with Crippen LogP contribution in [-0.2, 0) is 4.74 Å². The lowest BCUT2D eigenvalue weighted by atomic mass is 9.89. The Kier molecular flexibility index (Phi) is 3.95. The molecule has 27 heavy (non-hydrogen) atoms. The molecule has 0 aromatic heterocycles. The van der Waals surface area contributed by atoms with Crippen LogP contribution < -0.4 is 19.7 Å². The number of rotatable bonds is 3. The second-order valence-electron chi connectivity index (χ2n) is 6.76. The largest absolute Gasteiger partial charge is 0.497 e. The van der Waals surface area contributed by atoms with E-state index in [0.717, 1.165) is 5.56 Å². The highest BCUT2D eigenvalue weighted by Gasteiger charge is 2.50. The molecule has 0 aliphatic carbocycles. The van der Waals surface area contributed by atoms with Crippen molar-refractivity contribution < 1.29 is 23.8 Å². The summed E-state index contributed by atoms with van der Waals surface area (Å²) >= 11 is 0. The number of hydrogen-bond donors (Lipinski definition) is 1. The van der Waals surface area contributed by atoms with Crippen LogP contribution in [0.4, 0.5) is 10.5 Å². The summed E-state index contributed by atoms with van der Waals surface area (Å²) in [4.78, 5) is 26.3. The predicted molar refractivity (Wildman–Crippen MR) is 98.2 cm³/mol.